The van der Waals surface area contributed by atoms with Gasteiger partial charge >= 0.3 is 0 Å². The number of rotatable bonds is 1. The molecule has 1 aliphatic heterocycles. The molecule has 1 aromatic carbocycles. The van der Waals surface area contributed by atoms with Crippen molar-refractivity contribution in [2.75, 3.05) is 6.61 Å². The second-order valence-electron chi connectivity index (χ2n) is 3.71. The fourth-order valence-electron chi connectivity index (χ4n) is 2.00. The molecule has 1 aromatic heterocycles. The number of nitrogens with one attached hydrogen (secondary N) is 1. The van der Waals surface area contributed by atoms with E-state index in [0.717, 1.165) is 36.5 Å². The molecule has 0 spiro atoms. The van der Waals surface area contributed by atoms with E-state index in [9.17, 15) is 0 Å². The lowest BCUT2D eigenvalue weighted by Crippen LogP contribution is -2.09. The molecule has 0 radical (unpaired) electrons. The first-order valence-electron chi connectivity index (χ1n) is 5.18. The van der Waals surface area contributed by atoms with Crippen LogP contribution in [0.4, 0.5) is 0 Å². The van der Waals surface area contributed by atoms with E-state index in [4.69, 9.17) is 4.74 Å². The van der Waals surface area contributed by atoms with E-state index in [0.29, 0.717) is 0 Å². The SMILES string of the molecule is c1cc2c(c(-c3cnc[nH]3)c1)OCCC2. The summed E-state index contributed by atoms with van der Waals surface area (Å²) in [5.74, 6) is 1.02. The molecule has 0 aliphatic carbocycles. The number of aryl methyl sites for hydroxylation is 1. The molecule has 0 unspecified atom stereocenters. The third kappa shape index (κ3) is 1.40. The molecule has 0 fully saturated rings. The van der Waals surface area contributed by atoms with Crippen LogP contribution in [0.2, 0.25) is 0 Å². The molecule has 1 N–H and O–H groups in total. The number of fused-ring (bicyclic) bond motifs is 1. The summed E-state index contributed by atoms with van der Waals surface area (Å²) in [4.78, 5) is 7.15. The van der Waals surface area contributed by atoms with E-state index >= 15 is 0 Å². The maximum absolute atomic E-state index is 5.73. The lowest BCUT2D eigenvalue weighted by atomic mass is 10.0. The van der Waals surface area contributed by atoms with Crippen LogP contribution in [0, 0.1) is 0 Å². The predicted molar refractivity (Wildman–Crippen MR) is 57.8 cm³/mol. The number of benzene rings is 1. The van der Waals surface area contributed by atoms with Crippen molar-refractivity contribution in [2.24, 2.45) is 0 Å². The molecule has 3 nitrogen and oxygen atoms in total. The summed E-state index contributed by atoms with van der Waals surface area (Å²) >= 11 is 0. The van der Waals surface area contributed by atoms with Gasteiger partial charge < -0.3 is 9.72 Å². The summed E-state index contributed by atoms with van der Waals surface area (Å²) in [5, 5.41) is 0. The average Bonchev–Trinajstić information content (AvgIpc) is 2.82. The maximum Gasteiger partial charge on any atom is 0.131 e. The highest BCUT2D eigenvalue weighted by Crippen LogP contribution is 2.34. The van der Waals surface area contributed by atoms with Gasteiger partial charge in [0.15, 0.2) is 0 Å². The number of hydrogen-bond donors (Lipinski definition) is 1. The van der Waals surface area contributed by atoms with Crippen LogP contribution in [-0.4, -0.2) is 16.6 Å². The summed E-state index contributed by atoms with van der Waals surface area (Å²) in [7, 11) is 0. The highest BCUT2D eigenvalue weighted by molar-refractivity contribution is 5.69. The summed E-state index contributed by atoms with van der Waals surface area (Å²) < 4.78 is 5.73. The Bertz CT molecular complexity index is 462. The number of aromatic amines is 1. The third-order valence-electron chi connectivity index (χ3n) is 2.72. The van der Waals surface area contributed by atoms with Crippen molar-refractivity contribution >= 4 is 0 Å². The van der Waals surface area contributed by atoms with Gasteiger partial charge in [-0.3, -0.25) is 0 Å². The monoisotopic (exact) mass is 200 g/mol. The van der Waals surface area contributed by atoms with Crippen molar-refractivity contribution in [3.63, 3.8) is 0 Å². The Morgan fingerprint density at radius 2 is 2.33 bits per heavy atom. The first-order chi connectivity index (χ1) is 7.45. The van der Waals surface area contributed by atoms with E-state index in [1.807, 2.05) is 6.20 Å². The lowest BCUT2D eigenvalue weighted by Gasteiger charge is -2.19. The standard InChI is InChI=1S/C12H12N2O/c1-3-9-4-2-6-15-12(9)10(5-1)11-7-13-8-14-11/h1,3,5,7-8H,2,4,6H2,(H,13,14). The van der Waals surface area contributed by atoms with Gasteiger partial charge in [-0.1, -0.05) is 12.1 Å². The molecular weight excluding hydrogens is 188 g/mol. The highest BCUT2D eigenvalue weighted by Gasteiger charge is 2.15. The summed E-state index contributed by atoms with van der Waals surface area (Å²) in [6, 6.07) is 6.27. The smallest absolute Gasteiger partial charge is 0.131 e. The Balaban J connectivity index is 2.15. The van der Waals surface area contributed by atoms with E-state index in [2.05, 4.69) is 28.2 Å². The van der Waals surface area contributed by atoms with Crippen LogP contribution < -0.4 is 4.74 Å². The van der Waals surface area contributed by atoms with Crippen LogP contribution in [0.3, 0.4) is 0 Å². The molecule has 0 saturated heterocycles. The first-order valence-corrected chi connectivity index (χ1v) is 5.18. The quantitative estimate of drug-likeness (QED) is 0.767. The van der Waals surface area contributed by atoms with Crippen molar-refractivity contribution in [3.05, 3.63) is 36.3 Å². The molecule has 76 valence electrons. The number of imidazole rings is 1. The Labute approximate surface area is 88.1 Å². The Morgan fingerprint density at radius 3 is 3.20 bits per heavy atom. The zero-order valence-corrected chi connectivity index (χ0v) is 8.36. The topological polar surface area (TPSA) is 37.9 Å². The number of hydrogen-bond acceptors (Lipinski definition) is 2. The minimum absolute atomic E-state index is 0.818. The number of ether oxygens (including phenoxy) is 1. The van der Waals surface area contributed by atoms with Gasteiger partial charge in [-0.15, -0.1) is 0 Å². The van der Waals surface area contributed by atoms with E-state index in [1.165, 1.54) is 5.56 Å². The minimum atomic E-state index is 0.818. The molecule has 1 aliphatic rings. The van der Waals surface area contributed by atoms with Crippen molar-refractivity contribution in [2.45, 2.75) is 12.8 Å². The lowest BCUT2D eigenvalue weighted by molar-refractivity contribution is 0.289. The largest absolute Gasteiger partial charge is 0.493 e. The Morgan fingerprint density at radius 1 is 1.33 bits per heavy atom. The summed E-state index contributed by atoms with van der Waals surface area (Å²) in [6.07, 6.45) is 5.74. The molecule has 0 amide bonds. The number of para-hydroxylation sites is 1. The van der Waals surface area contributed by atoms with Crippen LogP contribution in [-0.2, 0) is 6.42 Å². The molecule has 2 heterocycles. The summed E-state index contributed by atoms with van der Waals surface area (Å²) in [6.45, 7) is 0.818. The fraction of sp³-hybridized carbons (Fsp3) is 0.250. The van der Waals surface area contributed by atoms with Gasteiger partial charge in [0.1, 0.15) is 5.75 Å². The van der Waals surface area contributed by atoms with Crippen molar-refractivity contribution in [1.29, 1.82) is 0 Å². The summed E-state index contributed by atoms with van der Waals surface area (Å²) in [5.41, 5.74) is 3.44. The zero-order valence-electron chi connectivity index (χ0n) is 8.36. The average molecular weight is 200 g/mol. The number of aromatic nitrogens is 2. The van der Waals surface area contributed by atoms with Crippen LogP contribution in [0.25, 0.3) is 11.3 Å². The molecule has 3 rings (SSSR count). The second kappa shape index (κ2) is 3.42. The van der Waals surface area contributed by atoms with Crippen LogP contribution in [0.1, 0.15) is 12.0 Å². The molecule has 15 heavy (non-hydrogen) atoms. The second-order valence-corrected chi connectivity index (χ2v) is 3.71. The third-order valence-corrected chi connectivity index (χ3v) is 2.72. The van der Waals surface area contributed by atoms with Gasteiger partial charge in [0.05, 0.1) is 24.8 Å². The van der Waals surface area contributed by atoms with Gasteiger partial charge in [-0.2, -0.15) is 0 Å². The van der Waals surface area contributed by atoms with Gasteiger partial charge in [-0.05, 0) is 24.5 Å². The normalized spacial score (nSPS) is 14.4. The predicted octanol–water partition coefficient (Wildman–Crippen LogP) is 2.40. The van der Waals surface area contributed by atoms with Crippen molar-refractivity contribution < 1.29 is 4.74 Å². The van der Waals surface area contributed by atoms with Crippen LogP contribution >= 0.6 is 0 Å². The Kier molecular flexibility index (Phi) is 1.95. The van der Waals surface area contributed by atoms with Gasteiger partial charge in [0, 0.05) is 5.56 Å². The minimum Gasteiger partial charge on any atom is -0.493 e. The maximum atomic E-state index is 5.73. The molecule has 0 bridgehead atoms. The molecule has 3 heteroatoms. The van der Waals surface area contributed by atoms with Gasteiger partial charge in [0.2, 0.25) is 0 Å². The van der Waals surface area contributed by atoms with Gasteiger partial charge in [0.25, 0.3) is 0 Å². The fourth-order valence-corrected chi connectivity index (χ4v) is 2.00. The molecular formula is C12H12N2O. The Hall–Kier alpha value is -1.77. The highest BCUT2D eigenvalue weighted by atomic mass is 16.5. The van der Waals surface area contributed by atoms with E-state index in [1.54, 1.807) is 6.33 Å². The van der Waals surface area contributed by atoms with Crippen LogP contribution in [0.5, 0.6) is 5.75 Å². The number of nitrogens with zero attached hydrogens (tertiary/aromatic N) is 1. The molecule has 2 aromatic rings. The van der Waals surface area contributed by atoms with E-state index in [-0.39, 0.29) is 0 Å². The van der Waals surface area contributed by atoms with Crippen molar-refractivity contribution in [1.82, 2.24) is 9.97 Å². The first kappa shape index (κ1) is 8.53. The molecule has 0 atom stereocenters. The number of H-pyrrole nitrogens is 1. The van der Waals surface area contributed by atoms with E-state index < -0.39 is 0 Å². The zero-order chi connectivity index (χ0) is 10.1. The van der Waals surface area contributed by atoms with Crippen LogP contribution in [0.15, 0.2) is 30.7 Å². The van der Waals surface area contributed by atoms with Crippen molar-refractivity contribution in [3.8, 4) is 17.0 Å². The molecule has 0 saturated carbocycles. The van der Waals surface area contributed by atoms with Gasteiger partial charge in [-0.25, -0.2) is 4.98 Å².